The van der Waals surface area contributed by atoms with Crippen LogP contribution in [0.1, 0.15) is 74.2 Å². The zero-order valence-corrected chi connectivity index (χ0v) is 31.8. The molecule has 4 amide bonds. The molecule has 1 aromatic heterocycles. The van der Waals surface area contributed by atoms with Crippen LogP contribution < -0.4 is 30.9 Å². The maximum atomic E-state index is 13.9. The van der Waals surface area contributed by atoms with E-state index in [1.165, 1.54) is 36.6 Å². The van der Waals surface area contributed by atoms with Crippen molar-refractivity contribution in [3.8, 4) is 0 Å². The van der Waals surface area contributed by atoms with Gasteiger partial charge >= 0.3 is 0 Å². The molecule has 14 heteroatoms. The number of nitrogens with zero attached hydrogens (tertiary/aromatic N) is 1. The SMILES string of the molecule is CCNC(=O)[C@@H](NC(=O)[C@H](C)NC[C@H](Cc1ccsc1)NC(=O)c1cc(C(=O)NC(C)(C)C2C=CC=CC2)cc(N(C)S(C)(=O)=O)c1)C(C)C. The maximum Gasteiger partial charge on any atom is 0.251 e. The number of benzene rings is 1. The molecule has 0 saturated heterocycles. The van der Waals surface area contributed by atoms with Gasteiger partial charge in [0.25, 0.3) is 11.8 Å². The molecular weight excluding hydrogens is 677 g/mol. The average Bonchev–Trinajstić information content (AvgIpc) is 3.58. The molecule has 1 aliphatic carbocycles. The molecule has 5 N–H and O–H groups in total. The van der Waals surface area contributed by atoms with Crippen molar-refractivity contribution in [3.05, 3.63) is 76.0 Å². The van der Waals surface area contributed by atoms with Crippen LogP contribution >= 0.6 is 11.3 Å². The molecule has 50 heavy (non-hydrogen) atoms. The fourth-order valence-corrected chi connectivity index (χ4v) is 6.64. The van der Waals surface area contributed by atoms with E-state index in [-0.39, 0.29) is 47.0 Å². The number of rotatable bonds is 17. The molecule has 0 aliphatic heterocycles. The highest BCUT2D eigenvalue weighted by atomic mass is 32.2. The van der Waals surface area contributed by atoms with Crippen molar-refractivity contribution in [2.75, 3.05) is 30.7 Å². The van der Waals surface area contributed by atoms with Crippen LogP contribution in [-0.2, 0) is 26.0 Å². The third-order valence-electron chi connectivity index (χ3n) is 8.71. The predicted octanol–water partition coefficient (Wildman–Crippen LogP) is 3.38. The highest BCUT2D eigenvalue weighted by molar-refractivity contribution is 7.92. The lowest BCUT2D eigenvalue weighted by Gasteiger charge is -2.34. The number of carbonyl (C=O) groups is 4. The molecule has 1 aromatic carbocycles. The summed E-state index contributed by atoms with van der Waals surface area (Å²) >= 11 is 1.52. The van der Waals surface area contributed by atoms with Gasteiger partial charge in [0.2, 0.25) is 21.8 Å². The standard InChI is InChI=1S/C36H52N6O6S2/c1-9-37-35(46)31(23(2)3)40-32(43)24(4)38-21-29(17-25-15-16-49-22-25)39-33(44)26-18-27(20-30(19-26)42(7)50(8,47)48)34(45)41-36(5,6)28-13-11-10-12-14-28/h10-13,15-16,18-20,22-24,28-29,31,38H,9,14,17,21H2,1-8H3,(H,37,46)(H,39,44)(H,40,43)(H,41,45)/t24-,28?,29-,31-/m0/s1. The van der Waals surface area contributed by atoms with Crippen molar-refractivity contribution in [1.82, 2.24) is 26.6 Å². The first-order valence-electron chi connectivity index (χ1n) is 16.8. The van der Waals surface area contributed by atoms with Crippen molar-refractivity contribution < 1.29 is 27.6 Å². The van der Waals surface area contributed by atoms with Gasteiger partial charge in [0.1, 0.15) is 6.04 Å². The number of hydrogen-bond donors (Lipinski definition) is 5. The number of amides is 4. The van der Waals surface area contributed by atoms with E-state index in [0.29, 0.717) is 13.0 Å². The molecule has 2 aromatic rings. The fourth-order valence-electron chi connectivity index (χ4n) is 5.47. The first-order chi connectivity index (χ1) is 23.4. The molecule has 1 heterocycles. The van der Waals surface area contributed by atoms with Crippen molar-refractivity contribution in [2.24, 2.45) is 11.8 Å². The summed E-state index contributed by atoms with van der Waals surface area (Å²) in [6, 6.07) is 4.42. The zero-order chi connectivity index (χ0) is 37.2. The second-order valence-electron chi connectivity index (χ2n) is 13.6. The molecule has 0 fully saturated rings. The van der Waals surface area contributed by atoms with Crippen molar-refractivity contribution in [1.29, 1.82) is 0 Å². The Morgan fingerprint density at radius 2 is 1.68 bits per heavy atom. The summed E-state index contributed by atoms with van der Waals surface area (Å²) in [4.78, 5) is 53.1. The summed E-state index contributed by atoms with van der Waals surface area (Å²) in [7, 11) is -2.35. The van der Waals surface area contributed by atoms with Crippen LogP contribution in [0.15, 0.2) is 59.3 Å². The van der Waals surface area contributed by atoms with Gasteiger partial charge in [-0.15, -0.1) is 0 Å². The van der Waals surface area contributed by atoms with Gasteiger partial charge in [-0.25, -0.2) is 8.42 Å². The Labute approximate surface area is 300 Å². The van der Waals surface area contributed by atoms with Crippen molar-refractivity contribution >= 4 is 50.7 Å². The molecule has 0 radical (unpaired) electrons. The van der Waals surface area contributed by atoms with E-state index in [4.69, 9.17) is 0 Å². The molecule has 1 aliphatic rings. The number of sulfonamides is 1. The summed E-state index contributed by atoms with van der Waals surface area (Å²) in [6.45, 7) is 11.7. The highest BCUT2D eigenvalue weighted by Crippen LogP contribution is 2.27. The highest BCUT2D eigenvalue weighted by Gasteiger charge is 2.31. The van der Waals surface area contributed by atoms with Crippen molar-refractivity contribution in [3.63, 3.8) is 0 Å². The van der Waals surface area contributed by atoms with Crippen LogP contribution in [0.3, 0.4) is 0 Å². The Balaban J connectivity index is 1.85. The van der Waals surface area contributed by atoms with E-state index in [2.05, 4.69) is 26.6 Å². The summed E-state index contributed by atoms with van der Waals surface area (Å²) < 4.78 is 26.0. The molecule has 274 valence electrons. The lowest BCUT2D eigenvalue weighted by molar-refractivity contribution is -0.130. The summed E-state index contributed by atoms with van der Waals surface area (Å²) in [5.41, 5.74) is 0.748. The topological polar surface area (TPSA) is 166 Å². The van der Waals surface area contributed by atoms with Crippen LogP contribution in [0.25, 0.3) is 0 Å². The first-order valence-corrected chi connectivity index (χ1v) is 19.6. The largest absolute Gasteiger partial charge is 0.355 e. The number of allylic oxidation sites excluding steroid dienone is 3. The minimum Gasteiger partial charge on any atom is -0.355 e. The van der Waals surface area contributed by atoms with Gasteiger partial charge in [0.05, 0.1) is 18.0 Å². The molecule has 0 saturated carbocycles. The van der Waals surface area contributed by atoms with E-state index in [1.807, 2.05) is 75.7 Å². The molecule has 3 rings (SSSR count). The predicted molar refractivity (Wildman–Crippen MR) is 200 cm³/mol. The number of carbonyl (C=O) groups excluding carboxylic acids is 4. The van der Waals surface area contributed by atoms with Crippen LogP contribution in [-0.4, -0.2) is 82.1 Å². The number of nitrogens with one attached hydrogen (secondary N) is 5. The molecule has 12 nitrogen and oxygen atoms in total. The van der Waals surface area contributed by atoms with E-state index in [0.717, 1.165) is 22.5 Å². The minimum absolute atomic E-state index is 0.0423. The quantitative estimate of drug-likeness (QED) is 0.167. The van der Waals surface area contributed by atoms with Crippen LogP contribution in [0.2, 0.25) is 0 Å². The summed E-state index contributed by atoms with van der Waals surface area (Å²) in [6.07, 6.45) is 10.2. The minimum atomic E-state index is -3.72. The van der Waals surface area contributed by atoms with Gasteiger partial charge in [0, 0.05) is 48.8 Å². The van der Waals surface area contributed by atoms with Gasteiger partial charge < -0.3 is 26.6 Å². The van der Waals surface area contributed by atoms with Crippen molar-refractivity contribution in [2.45, 2.75) is 78.0 Å². The van der Waals surface area contributed by atoms with E-state index >= 15 is 0 Å². The fraction of sp³-hybridized carbons (Fsp3) is 0.500. The number of anilines is 1. The third kappa shape index (κ3) is 11.5. The van der Waals surface area contributed by atoms with E-state index in [1.54, 1.807) is 6.92 Å². The number of likely N-dealkylation sites (N-methyl/N-ethyl adjacent to an activating group) is 1. The average molecular weight is 729 g/mol. The maximum absolute atomic E-state index is 13.9. The normalized spacial score (nSPS) is 16.3. The Kier molecular flexibility index (Phi) is 14.4. The molecule has 4 atom stereocenters. The smallest absolute Gasteiger partial charge is 0.251 e. The zero-order valence-electron chi connectivity index (χ0n) is 30.2. The Morgan fingerprint density at radius 3 is 2.24 bits per heavy atom. The van der Waals surface area contributed by atoms with Gasteiger partial charge in [-0.1, -0.05) is 38.2 Å². The number of hydrogen-bond acceptors (Lipinski definition) is 8. The van der Waals surface area contributed by atoms with Gasteiger partial charge in [-0.3, -0.25) is 23.5 Å². The molecule has 0 spiro atoms. The molecule has 1 unspecified atom stereocenters. The second-order valence-corrected chi connectivity index (χ2v) is 16.4. The summed E-state index contributed by atoms with van der Waals surface area (Å²) in [5, 5.41) is 18.7. The van der Waals surface area contributed by atoms with Crippen LogP contribution in [0.5, 0.6) is 0 Å². The molecular formula is C36H52N6O6S2. The van der Waals surface area contributed by atoms with E-state index < -0.39 is 45.5 Å². The van der Waals surface area contributed by atoms with Crippen LogP contribution in [0.4, 0.5) is 5.69 Å². The third-order valence-corrected chi connectivity index (χ3v) is 10.6. The lowest BCUT2D eigenvalue weighted by atomic mass is 9.82. The van der Waals surface area contributed by atoms with Gasteiger partial charge in [-0.2, -0.15) is 11.3 Å². The Hall–Kier alpha value is -4.01. The first kappa shape index (κ1) is 40.4. The molecule has 0 bridgehead atoms. The summed E-state index contributed by atoms with van der Waals surface area (Å²) in [5.74, 6) is -1.66. The van der Waals surface area contributed by atoms with Gasteiger partial charge in [-0.05, 0) is 87.0 Å². The Bertz CT molecular complexity index is 1670. The van der Waals surface area contributed by atoms with Gasteiger partial charge in [0.15, 0.2) is 0 Å². The van der Waals surface area contributed by atoms with Crippen LogP contribution in [0, 0.1) is 11.8 Å². The van der Waals surface area contributed by atoms with E-state index in [9.17, 15) is 27.6 Å². The lowest BCUT2D eigenvalue weighted by Crippen LogP contribution is -2.55. The monoisotopic (exact) mass is 728 g/mol. The Morgan fingerprint density at radius 1 is 1.00 bits per heavy atom. The number of thiophene rings is 1. The second kappa shape index (κ2) is 17.8.